The number of unbranched alkanes of at least 4 members (excludes halogenated alkanes) is 1. The molecular formula is C13H19ClFN. The van der Waals surface area contributed by atoms with Gasteiger partial charge in [0.05, 0.1) is 0 Å². The van der Waals surface area contributed by atoms with Gasteiger partial charge in [-0.25, -0.2) is 4.39 Å². The summed E-state index contributed by atoms with van der Waals surface area (Å²) in [6.07, 6.45) is 4.14. The van der Waals surface area contributed by atoms with Crippen molar-refractivity contribution in [3.8, 4) is 0 Å². The first kappa shape index (κ1) is 13.5. The zero-order valence-electron chi connectivity index (χ0n) is 9.89. The molecule has 0 aliphatic heterocycles. The number of hydrogen-bond donors (Lipinski definition) is 1. The number of halogens is 2. The average Bonchev–Trinajstić information content (AvgIpc) is 2.27. The van der Waals surface area contributed by atoms with Crippen LogP contribution in [-0.4, -0.2) is 13.1 Å². The first-order valence-electron chi connectivity index (χ1n) is 5.78. The highest BCUT2D eigenvalue weighted by atomic mass is 35.5. The van der Waals surface area contributed by atoms with Crippen LogP contribution in [0.25, 0.3) is 0 Å². The standard InChI is InChI=1S/C13H19ClFN/c1-3-4-5-12(16-2)8-10-6-7-11(14)9-13(10)15/h6-7,9,12,16H,3-5,8H2,1-2H3. The lowest BCUT2D eigenvalue weighted by Crippen LogP contribution is -2.27. The number of likely N-dealkylation sites (N-methyl/N-ethyl adjacent to an activating group) is 1. The molecule has 0 amide bonds. The summed E-state index contributed by atoms with van der Waals surface area (Å²) in [5, 5.41) is 3.68. The summed E-state index contributed by atoms with van der Waals surface area (Å²) in [7, 11) is 1.92. The molecule has 1 atom stereocenters. The van der Waals surface area contributed by atoms with Crippen molar-refractivity contribution < 1.29 is 4.39 Å². The molecule has 16 heavy (non-hydrogen) atoms. The van der Waals surface area contributed by atoms with Gasteiger partial charge in [-0.05, 0) is 37.6 Å². The molecule has 0 saturated heterocycles. The predicted molar refractivity (Wildman–Crippen MR) is 67.5 cm³/mol. The monoisotopic (exact) mass is 243 g/mol. The summed E-state index contributed by atoms with van der Waals surface area (Å²) < 4.78 is 13.6. The van der Waals surface area contributed by atoms with Gasteiger partial charge in [-0.15, -0.1) is 0 Å². The van der Waals surface area contributed by atoms with E-state index in [1.807, 2.05) is 7.05 Å². The van der Waals surface area contributed by atoms with Crippen molar-refractivity contribution in [2.24, 2.45) is 0 Å². The predicted octanol–water partition coefficient (Wildman–Crippen LogP) is 3.80. The fourth-order valence-electron chi connectivity index (χ4n) is 1.75. The Morgan fingerprint density at radius 3 is 2.75 bits per heavy atom. The number of rotatable bonds is 6. The molecule has 1 N–H and O–H groups in total. The Hall–Kier alpha value is -0.600. The SMILES string of the molecule is CCCCC(Cc1ccc(Cl)cc1F)NC. The van der Waals surface area contributed by atoms with Gasteiger partial charge in [0.25, 0.3) is 0 Å². The van der Waals surface area contributed by atoms with Gasteiger partial charge in [-0.1, -0.05) is 37.4 Å². The van der Waals surface area contributed by atoms with Crippen molar-refractivity contribution in [3.05, 3.63) is 34.6 Å². The zero-order valence-corrected chi connectivity index (χ0v) is 10.6. The molecule has 1 aromatic carbocycles. The van der Waals surface area contributed by atoms with E-state index in [0.717, 1.165) is 18.4 Å². The topological polar surface area (TPSA) is 12.0 Å². The van der Waals surface area contributed by atoms with Crippen LogP contribution < -0.4 is 5.32 Å². The van der Waals surface area contributed by atoms with Crippen molar-refractivity contribution in [2.75, 3.05) is 7.05 Å². The fourth-order valence-corrected chi connectivity index (χ4v) is 1.91. The van der Waals surface area contributed by atoms with Crippen LogP contribution in [0.15, 0.2) is 18.2 Å². The van der Waals surface area contributed by atoms with Crippen LogP contribution in [0, 0.1) is 5.82 Å². The lowest BCUT2D eigenvalue weighted by molar-refractivity contribution is 0.487. The molecular weight excluding hydrogens is 225 g/mol. The summed E-state index contributed by atoms with van der Waals surface area (Å²) in [4.78, 5) is 0. The normalized spacial score (nSPS) is 12.8. The van der Waals surface area contributed by atoms with E-state index in [2.05, 4.69) is 12.2 Å². The molecule has 0 saturated carbocycles. The Morgan fingerprint density at radius 1 is 1.44 bits per heavy atom. The van der Waals surface area contributed by atoms with E-state index in [9.17, 15) is 4.39 Å². The number of nitrogens with one attached hydrogen (secondary N) is 1. The smallest absolute Gasteiger partial charge is 0.127 e. The maximum Gasteiger partial charge on any atom is 0.127 e. The van der Waals surface area contributed by atoms with Gasteiger partial charge in [0.1, 0.15) is 5.82 Å². The van der Waals surface area contributed by atoms with E-state index in [4.69, 9.17) is 11.6 Å². The first-order chi connectivity index (χ1) is 7.67. The summed E-state index contributed by atoms with van der Waals surface area (Å²) in [5.74, 6) is -0.204. The molecule has 0 aliphatic rings. The molecule has 3 heteroatoms. The lowest BCUT2D eigenvalue weighted by Gasteiger charge is -2.16. The van der Waals surface area contributed by atoms with Crippen LogP contribution in [0.5, 0.6) is 0 Å². The minimum atomic E-state index is -0.204. The average molecular weight is 244 g/mol. The minimum absolute atomic E-state index is 0.204. The first-order valence-corrected chi connectivity index (χ1v) is 6.16. The Morgan fingerprint density at radius 2 is 2.19 bits per heavy atom. The van der Waals surface area contributed by atoms with Crippen molar-refractivity contribution in [3.63, 3.8) is 0 Å². The Kier molecular flexibility index (Phi) is 5.78. The Labute approximate surface area is 102 Å². The van der Waals surface area contributed by atoms with E-state index < -0.39 is 0 Å². The summed E-state index contributed by atoms with van der Waals surface area (Å²) in [6, 6.07) is 5.24. The molecule has 0 heterocycles. The largest absolute Gasteiger partial charge is 0.317 e. The van der Waals surface area contributed by atoms with E-state index in [0.29, 0.717) is 11.1 Å². The lowest BCUT2D eigenvalue weighted by atomic mass is 10.0. The molecule has 0 radical (unpaired) electrons. The molecule has 1 unspecified atom stereocenters. The van der Waals surface area contributed by atoms with E-state index in [-0.39, 0.29) is 5.82 Å². The molecule has 1 rings (SSSR count). The third kappa shape index (κ3) is 4.11. The van der Waals surface area contributed by atoms with Crippen molar-refractivity contribution in [1.29, 1.82) is 0 Å². The van der Waals surface area contributed by atoms with E-state index in [1.54, 1.807) is 12.1 Å². The van der Waals surface area contributed by atoms with E-state index >= 15 is 0 Å². The molecule has 0 aromatic heterocycles. The molecule has 0 aliphatic carbocycles. The highest BCUT2D eigenvalue weighted by Gasteiger charge is 2.10. The number of hydrogen-bond acceptors (Lipinski definition) is 1. The van der Waals surface area contributed by atoms with Gasteiger partial charge in [0, 0.05) is 11.1 Å². The van der Waals surface area contributed by atoms with Gasteiger partial charge in [0.2, 0.25) is 0 Å². The minimum Gasteiger partial charge on any atom is -0.317 e. The summed E-state index contributed by atoms with van der Waals surface area (Å²) in [5.41, 5.74) is 0.736. The van der Waals surface area contributed by atoms with Crippen LogP contribution in [0.3, 0.4) is 0 Å². The molecule has 1 nitrogen and oxygen atoms in total. The van der Waals surface area contributed by atoms with Crippen molar-refractivity contribution >= 4 is 11.6 Å². The van der Waals surface area contributed by atoms with Gasteiger partial charge in [-0.3, -0.25) is 0 Å². The fraction of sp³-hybridized carbons (Fsp3) is 0.538. The zero-order chi connectivity index (χ0) is 12.0. The third-order valence-electron chi connectivity index (χ3n) is 2.80. The van der Waals surface area contributed by atoms with Gasteiger partial charge in [0.15, 0.2) is 0 Å². The maximum absolute atomic E-state index is 13.6. The van der Waals surface area contributed by atoms with Crippen LogP contribution in [0.2, 0.25) is 5.02 Å². The van der Waals surface area contributed by atoms with Crippen molar-refractivity contribution in [2.45, 2.75) is 38.6 Å². The van der Waals surface area contributed by atoms with Crippen molar-refractivity contribution in [1.82, 2.24) is 5.32 Å². The van der Waals surface area contributed by atoms with Crippen LogP contribution >= 0.6 is 11.6 Å². The molecule has 0 bridgehead atoms. The maximum atomic E-state index is 13.6. The Balaban J connectivity index is 2.62. The summed E-state index contributed by atoms with van der Waals surface area (Å²) >= 11 is 5.72. The number of benzene rings is 1. The Bertz CT molecular complexity index is 328. The van der Waals surface area contributed by atoms with Gasteiger partial charge < -0.3 is 5.32 Å². The summed E-state index contributed by atoms with van der Waals surface area (Å²) in [6.45, 7) is 2.16. The quantitative estimate of drug-likeness (QED) is 0.802. The second kappa shape index (κ2) is 6.87. The second-order valence-electron chi connectivity index (χ2n) is 4.07. The van der Waals surface area contributed by atoms with Crippen LogP contribution in [0.4, 0.5) is 4.39 Å². The van der Waals surface area contributed by atoms with Crippen LogP contribution in [0.1, 0.15) is 31.7 Å². The van der Waals surface area contributed by atoms with E-state index in [1.165, 1.54) is 18.9 Å². The molecule has 1 aromatic rings. The highest BCUT2D eigenvalue weighted by molar-refractivity contribution is 6.30. The molecule has 90 valence electrons. The highest BCUT2D eigenvalue weighted by Crippen LogP contribution is 2.17. The molecule has 0 spiro atoms. The van der Waals surface area contributed by atoms with Gasteiger partial charge >= 0.3 is 0 Å². The van der Waals surface area contributed by atoms with Gasteiger partial charge in [-0.2, -0.15) is 0 Å². The third-order valence-corrected chi connectivity index (χ3v) is 3.03. The van der Waals surface area contributed by atoms with Crippen LogP contribution in [-0.2, 0) is 6.42 Å². The second-order valence-corrected chi connectivity index (χ2v) is 4.50. The molecule has 0 fully saturated rings.